The van der Waals surface area contributed by atoms with E-state index in [1.54, 1.807) is 27.9 Å². The van der Waals surface area contributed by atoms with Gasteiger partial charge < -0.3 is 4.90 Å². The molecule has 1 aromatic heterocycles. The molecule has 1 atom stereocenters. The lowest BCUT2D eigenvalue weighted by Gasteiger charge is -2.28. The van der Waals surface area contributed by atoms with Gasteiger partial charge in [0, 0.05) is 41.5 Å². The smallest absolute Gasteiger partial charge is 0.269 e. The number of hydrogen-bond donors (Lipinski definition) is 0. The van der Waals surface area contributed by atoms with Crippen molar-refractivity contribution in [1.29, 1.82) is 0 Å². The van der Waals surface area contributed by atoms with Gasteiger partial charge >= 0.3 is 0 Å². The van der Waals surface area contributed by atoms with E-state index >= 15 is 0 Å². The van der Waals surface area contributed by atoms with Crippen molar-refractivity contribution in [1.82, 2.24) is 14.7 Å². The lowest BCUT2D eigenvalue weighted by atomic mass is 10.0. The van der Waals surface area contributed by atoms with Gasteiger partial charge in [0.1, 0.15) is 0 Å². The summed E-state index contributed by atoms with van der Waals surface area (Å²) in [6, 6.07) is 15.4. The molecule has 1 aliphatic heterocycles. The lowest BCUT2D eigenvalue weighted by molar-refractivity contribution is -0.384. The molecule has 10 heteroatoms. The summed E-state index contributed by atoms with van der Waals surface area (Å²) in [6.45, 7) is 0. The molecule has 1 aliphatic carbocycles. The molecule has 1 saturated heterocycles. The zero-order valence-corrected chi connectivity index (χ0v) is 19.2. The molecular formula is C24H24N4O5S. The Balaban J connectivity index is 1.48. The van der Waals surface area contributed by atoms with Crippen LogP contribution in [0.2, 0.25) is 0 Å². The van der Waals surface area contributed by atoms with Gasteiger partial charge in [-0.15, -0.1) is 0 Å². The summed E-state index contributed by atoms with van der Waals surface area (Å²) in [5.74, 6) is 0.0300. The molecule has 34 heavy (non-hydrogen) atoms. The monoisotopic (exact) mass is 480 g/mol. The number of para-hydroxylation sites is 1. The first kappa shape index (κ1) is 22.3. The molecule has 2 aromatic carbocycles. The molecule has 0 radical (unpaired) electrons. The average molecular weight is 481 g/mol. The summed E-state index contributed by atoms with van der Waals surface area (Å²) in [5, 5.41) is 15.8. The Kier molecular flexibility index (Phi) is 5.68. The third kappa shape index (κ3) is 4.58. The Labute approximate surface area is 197 Å². The molecule has 2 heterocycles. The largest absolute Gasteiger partial charge is 0.335 e. The lowest BCUT2D eigenvalue weighted by Crippen LogP contribution is -2.43. The highest BCUT2D eigenvalue weighted by atomic mass is 32.2. The molecular weight excluding hydrogens is 456 g/mol. The van der Waals surface area contributed by atoms with Crippen molar-refractivity contribution in [3.05, 3.63) is 76.5 Å². The van der Waals surface area contributed by atoms with Crippen LogP contribution in [0.5, 0.6) is 0 Å². The summed E-state index contributed by atoms with van der Waals surface area (Å²) < 4.78 is 25.8. The van der Waals surface area contributed by atoms with Gasteiger partial charge in [0.15, 0.2) is 9.84 Å². The maximum absolute atomic E-state index is 13.5. The number of rotatable bonds is 7. The normalized spacial score (nSPS) is 19.1. The van der Waals surface area contributed by atoms with Gasteiger partial charge in [0.2, 0.25) is 5.91 Å². The second kappa shape index (κ2) is 8.68. The molecule has 9 nitrogen and oxygen atoms in total. The maximum Gasteiger partial charge on any atom is 0.269 e. The van der Waals surface area contributed by atoms with Crippen LogP contribution in [0.25, 0.3) is 16.9 Å². The molecule has 5 rings (SSSR count). The number of nitro groups is 1. The second-order valence-corrected chi connectivity index (χ2v) is 11.1. The standard InChI is InChI=1S/C24H24N4O5S/c29-23(27(20-10-11-20)22-12-13-34(32,33)16-22)14-18-15-26(19-4-2-1-3-5-19)25-24(18)17-6-8-21(9-7-17)28(30)31/h1-9,15,20,22H,10-14,16H2. The SMILES string of the molecule is O=C(Cc1cn(-c2ccccc2)nc1-c1ccc([N+](=O)[O-])cc1)N(C1CC1)C1CCS(=O)(=O)C1. The topological polar surface area (TPSA) is 115 Å². The predicted octanol–water partition coefficient (Wildman–Crippen LogP) is 3.17. The fourth-order valence-corrected chi connectivity index (χ4v) is 6.25. The van der Waals surface area contributed by atoms with Gasteiger partial charge in [0.05, 0.1) is 34.2 Å². The average Bonchev–Trinajstić information content (AvgIpc) is 3.46. The van der Waals surface area contributed by atoms with Crippen LogP contribution in [0.1, 0.15) is 24.8 Å². The Morgan fingerprint density at radius 1 is 1.06 bits per heavy atom. The van der Waals surface area contributed by atoms with E-state index in [1.807, 2.05) is 30.3 Å². The number of amides is 1. The van der Waals surface area contributed by atoms with Crippen LogP contribution >= 0.6 is 0 Å². The number of benzene rings is 2. The molecule has 1 amide bonds. The van der Waals surface area contributed by atoms with Crippen LogP contribution in [0, 0.1) is 10.1 Å². The van der Waals surface area contributed by atoms with E-state index in [1.165, 1.54) is 12.1 Å². The Bertz CT molecular complexity index is 1330. The first-order valence-electron chi connectivity index (χ1n) is 11.2. The van der Waals surface area contributed by atoms with E-state index < -0.39 is 14.8 Å². The highest BCUT2D eigenvalue weighted by molar-refractivity contribution is 7.91. The number of hydrogen-bond acceptors (Lipinski definition) is 6. The van der Waals surface area contributed by atoms with Gasteiger partial charge in [-0.3, -0.25) is 14.9 Å². The van der Waals surface area contributed by atoms with Crippen molar-refractivity contribution >= 4 is 21.4 Å². The molecule has 1 saturated carbocycles. The van der Waals surface area contributed by atoms with Gasteiger partial charge in [-0.25, -0.2) is 13.1 Å². The Morgan fingerprint density at radius 2 is 1.76 bits per heavy atom. The molecule has 176 valence electrons. The van der Waals surface area contributed by atoms with Crippen LogP contribution in [-0.4, -0.2) is 57.5 Å². The van der Waals surface area contributed by atoms with Gasteiger partial charge in [-0.2, -0.15) is 5.10 Å². The van der Waals surface area contributed by atoms with Crippen molar-refractivity contribution < 1.29 is 18.1 Å². The fraction of sp³-hybridized carbons (Fsp3) is 0.333. The van der Waals surface area contributed by atoms with Crippen LogP contribution < -0.4 is 0 Å². The zero-order chi connectivity index (χ0) is 23.9. The summed E-state index contributed by atoms with van der Waals surface area (Å²) in [7, 11) is -3.11. The quantitative estimate of drug-likeness (QED) is 0.379. The van der Waals surface area contributed by atoms with Crippen molar-refractivity contribution in [2.75, 3.05) is 11.5 Å². The van der Waals surface area contributed by atoms with E-state index in [-0.39, 0.29) is 41.6 Å². The van der Waals surface area contributed by atoms with Crippen LogP contribution in [0.15, 0.2) is 60.8 Å². The van der Waals surface area contributed by atoms with Crippen molar-refractivity contribution in [3.8, 4) is 16.9 Å². The van der Waals surface area contributed by atoms with Crippen LogP contribution in [0.3, 0.4) is 0 Å². The number of nitro benzene ring substituents is 1. The Hall–Kier alpha value is -3.53. The number of nitrogens with zero attached hydrogens (tertiary/aromatic N) is 4. The van der Waals surface area contributed by atoms with E-state index in [4.69, 9.17) is 5.10 Å². The molecule has 0 spiro atoms. The molecule has 0 bridgehead atoms. The van der Waals surface area contributed by atoms with Gasteiger partial charge in [-0.05, 0) is 43.5 Å². The third-order valence-electron chi connectivity index (χ3n) is 6.33. The maximum atomic E-state index is 13.5. The highest BCUT2D eigenvalue weighted by Crippen LogP contribution is 2.34. The van der Waals surface area contributed by atoms with Crippen molar-refractivity contribution in [3.63, 3.8) is 0 Å². The molecule has 3 aromatic rings. The summed E-state index contributed by atoms with van der Waals surface area (Å²) in [5.41, 5.74) is 2.73. The first-order chi connectivity index (χ1) is 16.3. The minimum Gasteiger partial charge on any atom is -0.335 e. The number of sulfone groups is 1. The number of non-ortho nitro benzene ring substituents is 1. The molecule has 1 unspecified atom stereocenters. The third-order valence-corrected chi connectivity index (χ3v) is 8.08. The van der Waals surface area contributed by atoms with Crippen molar-refractivity contribution in [2.45, 2.75) is 37.8 Å². The number of carbonyl (C=O) groups is 1. The fourth-order valence-electron chi connectivity index (χ4n) is 4.54. The predicted molar refractivity (Wildman–Crippen MR) is 126 cm³/mol. The number of carbonyl (C=O) groups excluding carboxylic acids is 1. The van der Waals surface area contributed by atoms with E-state index in [9.17, 15) is 23.3 Å². The minimum atomic E-state index is -3.11. The van der Waals surface area contributed by atoms with Crippen LogP contribution in [0.4, 0.5) is 5.69 Å². The summed E-state index contributed by atoms with van der Waals surface area (Å²) >= 11 is 0. The van der Waals surface area contributed by atoms with Crippen molar-refractivity contribution in [2.24, 2.45) is 0 Å². The summed E-state index contributed by atoms with van der Waals surface area (Å²) in [6.07, 6.45) is 4.14. The van der Waals surface area contributed by atoms with E-state index in [2.05, 4.69) is 0 Å². The van der Waals surface area contributed by atoms with E-state index in [0.717, 1.165) is 18.5 Å². The Morgan fingerprint density at radius 3 is 2.35 bits per heavy atom. The molecule has 2 fully saturated rings. The van der Waals surface area contributed by atoms with Gasteiger partial charge in [-0.1, -0.05) is 18.2 Å². The van der Waals surface area contributed by atoms with Gasteiger partial charge in [0.25, 0.3) is 5.69 Å². The first-order valence-corrected chi connectivity index (χ1v) is 13.0. The van der Waals surface area contributed by atoms with Crippen LogP contribution in [-0.2, 0) is 21.1 Å². The van der Waals surface area contributed by atoms with E-state index in [0.29, 0.717) is 23.2 Å². The number of aromatic nitrogens is 2. The highest BCUT2D eigenvalue weighted by Gasteiger charge is 2.42. The zero-order valence-electron chi connectivity index (χ0n) is 18.4. The molecule has 0 N–H and O–H groups in total. The second-order valence-electron chi connectivity index (χ2n) is 8.85. The minimum absolute atomic E-state index is 0.0216. The molecule has 2 aliphatic rings. The summed E-state index contributed by atoms with van der Waals surface area (Å²) in [4.78, 5) is 25.9.